The number of fused-ring (bicyclic) bond motifs is 4. The lowest BCUT2D eigenvalue weighted by atomic mass is 9.77. The Balaban J connectivity index is 0.783. The molecule has 0 radical (unpaired) electrons. The van der Waals surface area contributed by atoms with E-state index in [2.05, 4.69) is 24.9 Å². The maximum atomic E-state index is 7.05. The standard InChI is InChI=1S/C66H64N6O16/c1-3-17-69-52(7-1)47-13-11-45-46-12-14-48(53-8-2-4-18-70-53)60-63(46)87-62(45)59(47)82-31-29-73-25-27-77-37-79-36-56(84-40-78-28-26-74-30-32-83-60)43-9-10-44-51(33-43)57-50-16-15-49(54-34-67-19-21-71-54)61-64(50)88-66(57)65(58(44)55-35-68-20-22-72-55)86-42-81-39-76-24-6-5-23-75-38-80-41-85-61/h1-8,11-22,34-35,43,56H,9-10,23-33,36-42H2/b6-5-. The van der Waals surface area contributed by atoms with E-state index in [-0.39, 0.29) is 99.5 Å². The summed E-state index contributed by atoms with van der Waals surface area (Å²) in [5, 5.41) is 3.31. The molecule has 0 amide bonds. The number of nitrogens with zero attached hydrogens (tertiary/aromatic N) is 6. The van der Waals surface area contributed by atoms with Gasteiger partial charge in [0.05, 0.1) is 106 Å². The summed E-state index contributed by atoms with van der Waals surface area (Å²) in [5.41, 5.74) is 9.59. The topological polar surface area (TPSA) is 233 Å². The number of ether oxygens (including phenoxy) is 14. The molecule has 10 aromatic rings. The Hall–Kier alpha value is -8.52. The number of benzene rings is 4. The van der Waals surface area contributed by atoms with Gasteiger partial charge in [0.15, 0.2) is 72.5 Å². The van der Waals surface area contributed by atoms with Crippen LogP contribution in [0.4, 0.5) is 0 Å². The normalized spacial score (nSPS) is 19.1. The summed E-state index contributed by atoms with van der Waals surface area (Å²) in [4.78, 5) is 27.6. The third-order valence-corrected chi connectivity index (χ3v) is 15.2. The van der Waals surface area contributed by atoms with Gasteiger partial charge in [-0.05, 0) is 97.0 Å². The molecule has 0 saturated heterocycles. The van der Waals surface area contributed by atoms with E-state index >= 15 is 0 Å². The second-order valence-corrected chi connectivity index (χ2v) is 20.6. The highest BCUT2D eigenvalue weighted by Crippen LogP contribution is 2.52. The summed E-state index contributed by atoms with van der Waals surface area (Å²) in [6.07, 6.45) is 18.5. The molecule has 13 rings (SSSR count). The fourth-order valence-electron chi connectivity index (χ4n) is 11.3. The minimum Gasteiger partial charge on any atom is -0.487 e. The Morgan fingerprint density at radius 1 is 0.386 bits per heavy atom. The van der Waals surface area contributed by atoms with E-state index in [4.69, 9.17) is 80.1 Å². The molecule has 2 unspecified atom stereocenters. The molecule has 3 aliphatic rings. The van der Waals surface area contributed by atoms with Gasteiger partial charge in [-0.15, -0.1) is 0 Å². The average Bonchev–Trinajstić information content (AvgIpc) is 4.06. The van der Waals surface area contributed by atoms with Gasteiger partial charge in [-0.1, -0.05) is 24.3 Å². The molecule has 0 saturated carbocycles. The zero-order valence-corrected chi connectivity index (χ0v) is 48.2. The van der Waals surface area contributed by atoms with Gasteiger partial charge in [0.25, 0.3) is 0 Å². The molecule has 88 heavy (non-hydrogen) atoms. The largest absolute Gasteiger partial charge is 0.487 e. The van der Waals surface area contributed by atoms with Crippen molar-refractivity contribution in [1.29, 1.82) is 0 Å². The van der Waals surface area contributed by atoms with Crippen molar-refractivity contribution in [2.75, 3.05) is 113 Å². The van der Waals surface area contributed by atoms with Crippen molar-refractivity contribution in [1.82, 2.24) is 29.9 Å². The first-order chi connectivity index (χ1) is 43.8. The molecule has 22 nitrogen and oxygen atoms in total. The zero-order valence-electron chi connectivity index (χ0n) is 48.2. The molecule has 6 aromatic heterocycles. The van der Waals surface area contributed by atoms with E-state index < -0.39 is 6.10 Å². The van der Waals surface area contributed by atoms with Crippen LogP contribution in [0, 0.1) is 5.92 Å². The highest BCUT2D eigenvalue weighted by atomic mass is 16.7. The molecule has 0 spiro atoms. The van der Waals surface area contributed by atoms with Crippen molar-refractivity contribution < 1.29 is 75.2 Å². The first kappa shape index (κ1) is 58.5. The number of furan rings is 2. The van der Waals surface area contributed by atoms with E-state index in [0.29, 0.717) is 101 Å². The molecule has 22 heteroatoms. The maximum absolute atomic E-state index is 7.05. The number of rotatable bonds is 5. The molecule has 2 aliphatic heterocycles. The average molecular weight is 1200 g/mol. The Labute approximate surface area is 505 Å². The molecule has 0 N–H and O–H groups in total. The van der Waals surface area contributed by atoms with Gasteiger partial charge < -0.3 is 75.2 Å². The summed E-state index contributed by atoms with van der Waals surface area (Å²) in [6, 6.07) is 23.5. The van der Waals surface area contributed by atoms with E-state index in [1.54, 1.807) is 49.6 Å². The van der Waals surface area contributed by atoms with Crippen molar-refractivity contribution in [3.05, 3.63) is 146 Å². The van der Waals surface area contributed by atoms with E-state index in [9.17, 15) is 0 Å². The van der Waals surface area contributed by atoms with Gasteiger partial charge in [0.2, 0.25) is 0 Å². The molecular weight excluding hydrogens is 1130 g/mol. The van der Waals surface area contributed by atoms with Crippen LogP contribution in [-0.4, -0.2) is 149 Å². The number of aromatic nitrogens is 6. The third-order valence-electron chi connectivity index (χ3n) is 15.2. The Morgan fingerprint density at radius 3 is 1.55 bits per heavy atom. The summed E-state index contributed by atoms with van der Waals surface area (Å²) < 4.78 is 100. The van der Waals surface area contributed by atoms with E-state index in [1.807, 2.05) is 84.9 Å². The predicted octanol–water partition coefficient (Wildman–Crippen LogP) is 10.7. The number of pyridine rings is 2. The van der Waals surface area contributed by atoms with E-state index in [1.165, 1.54) is 0 Å². The second kappa shape index (κ2) is 29.0. The van der Waals surface area contributed by atoms with Gasteiger partial charge in [-0.2, -0.15) is 0 Å². The van der Waals surface area contributed by atoms with Gasteiger partial charge >= 0.3 is 0 Å². The van der Waals surface area contributed by atoms with Crippen molar-refractivity contribution in [2.45, 2.75) is 25.4 Å². The van der Waals surface area contributed by atoms with Crippen LogP contribution >= 0.6 is 0 Å². The molecular formula is C66H64N6O16. The maximum Gasteiger partial charge on any atom is 0.191 e. The van der Waals surface area contributed by atoms with Crippen molar-refractivity contribution in [3.8, 4) is 68.0 Å². The monoisotopic (exact) mass is 1200 g/mol. The number of hydrogen-bond donors (Lipinski definition) is 0. The second-order valence-electron chi connectivity index (χ2n) is 20.6. The number of hydrogen-bond acceptors (Lipinski definition) is 22. The van der Waals surface area contributed by atoms with Gasteiger partial charge in [-0.3, -0.25) is 29.9 Å². The summed E-state index contributed by atoms with van der Waals surface area (Å²) in [7, 11) is 0. The fraction of sp³-hybridized carbons (Fsp3) is 0.333. The summed E-state index contributed by atoms with van der Waals surface area (Å²) in [6.45, 7) is 2.47. The molecule has 2 atom stereocenters. The van der Waals surface area contributed by atoms with Gasteiger partial charge in [0, 0.05) is 75.4 Å². The SMILES string of the molecule is C1=C\COCOCOc2c(-c3cnccn3)c3c(c4c2oc2c(c(-c5cnccn5)ccc24)OCOCOC/1)CC(C1COCOCCOCCOc2c(-c4ccccn4)ccc4c2oc2c(c(-c5ccccn5)ccc24)OCCOCCOCO1)CC3. The Bertz CT molecular complexity index is 3950. The van der Waals surface area contributed by atoms with Crippen LogP contribution in [0.5, 0.6) is 23.0 Å². The fourth-order valence-corrected chi connectivity index (χ4v) is 11.3. The highest BCUT2D eigenvalue weighted by Gasteiger charge is 2.36. The van der Waals surface area contributed by atoms with Gasteiger partial charge in [-0.25, -0.2) is 0 Å². The highest BCUT2D eigenvalue weighted by molar-refractivity contribution is 6.14. The Morgan fingerprint density at radius 2 is 0.920 bits per heavy atom. The van der Waals surface area contributed by atoms with Crippen LogP contribution in [0.25, 0.3) is 88.9 Å². The molecule has 4 bridgehead atoms. The minimum atomic E-state index is -0.451. The molecule has 4 aromatic carbocycles. The van der Waals surface area contributed by atoms with Crippen molar-refractivity contribution in [3.63, 3.8) is 0 Å². The Kier molecular flexibility index (Phi) is 19.3. The van der Waals surface area contributed by atoms with E-state index in [0.717, 1.165) is 60.8 Å². The van der Waals surface area contributed by atoms with Crippen LogP contribution in [0.2, 0.25) is 0 Å². The molecule has 0 fully saturated rings. The lowest BCUT2D eigenvalue weighted by molar-refractivity contribution is -0.154. The van der Waals surface area contributed by atoms with Crippen LogP contribution in [0.1, 0.15) is 17.5 Å². The van der Waals surface area contributed by atoms with Crippen molar-refractivity contribution >= 4 is 43.9 Å². The first-order valence-corrected chi connectivity index (χ1v) is 29.2. The van der Waals surface area contributed by atoms with Crippen LogP contribution in [0.15, 0.2) is 143 Å². The quantitative estimate of drug-likeness (QED) is 0.146. The summed E-state index contributed by atoms with van der Waals surface area (Å²) in [5.74, 6) is 1.81. The zero-order chi connectivity index (χ0) is 59.1. The van der Waals surface area contributed by atoms with Crippen LogP contribution < -0.4 is 18.9 Å². The molecule has 454 valence electrons. The van der Waals surface area contributed by atoms with Crippen LogP contribution in [-0.2, 0) is 60.2 Å². The van der Waals surface area contributed by atoms with Crippen LogP contribution in [0.3, 0.4) is 0 Å². The smallest absolute Gasteiger partial charge is 0.191 e. The molecule has 8 heterocycles. The third kappa shape index (κ3) is 13.2. The summed E-state index contributed by atoms with van der Waals surface area (Å²) >= 11 is 0. The lowest BCUT2D eigenvalue weighted by Crippen LogP contribution is -2.34. The minimum absolute atomic E-state index is 0.00396. The lowest BCUT2D eigenvalue weighted by Gasteiger charge is -2.33. The van der Waals surface area contributed by atoms with Gasteiger partial charge in [0.1, 0.15) is 26.8 Å². The predicted molar refractivity (Wildman–Crippen MR) is 320 cm³/mol. The first-order valence-electron chi connectivity index (χ1n) is 29.2. The van der Waals surface area contributed by atoms with Crippen molar-refractivity contribution in [2.24, 2.45) is 5.92 Å². The molecule has 1 aliphatic carbocycles.